The number of aliphatic hydroxyl groups excluding tert-OH is 3. The van der Waals surface area contributed by atoms with Crippen molar-refractivity contribution in [3.8, 4) is 0 Å². The van der Waals surface area contributed by atoms with Gasteiger partial charge in [-0.3, -0.25) is 0 Å². The van der Waals surface area contributed by atoms with E-state index in [9.17, 15) is 20.1 Å². The van der Waals surface area contributed by atoms with Gasteiger partial charge in [0, 0.05) is 10.8 Å². The molecule has 0 aromatic heterocycles. The maximum atomic E-state index is 13.1. The minimum atomic E-state index is -0.431. The maximum Gasteiger partial charge on any atom is 0.126 e. The third kappa shape index (κ3) is 2.97. The Balaban J connectivity index is 1.55. The predicted molar refractivity (Wildman–Crippen MR) is 134 cm³/mol. The summed E-state index contributed by atoms with van der Waals surface area (Å²) >= 11 is 0. The van der Waals surface area contributed by atoms with Gasteiger partial charge in [0.05, 0.1) is 18.8 Å². The highest BCUT2D eigenvalue weighted by Crippen LogP contribution is 2.75. The van der Waals surface area contributed by atoms with Gasteiger partial charge >= 0.3 is 0 Å². The Hall–Kier alpha value is -0.450. The topological polar surface area (TPSA) is 77.8 Å². The number of fused-ring (bicyclic) bond motifs is 6. The molecular weight excluding hydrogens is 424 g/mol. The molecule has 0 heterocycles. The molecule has 0 amide bonds. The largest absolute Gasteiger partial charge is 0.396 e. The second kappa shape index (κ2) is 7.54. The first-order valence-corrected chi connectivity index (χ1v) is 14.2. The first-order chi connectivity index (χ1) is 15.7. The Morgan fingerprint density at radius 2 is 1.32 bits per heavy atom. The molecule has 0 spiro atoms. The molecule has 0 aromatic rings. The Bertz CT molecular complexity index is 840. The smallest absolute Gasteiger partial charge is 0.126 e. The van der Waals surface area contributed by atoms with Crippen LogP contribution in [0.2, 0.25) is 0 Å². The molecule has 5 saturated carbocycles. The van der Waals surface area contributed by atoms with E-state index in [0.29, 0.717) is 23.7 Å². The lowest BCUT2D eigenvalue weighted by atomic mass is 9.41. The molecule has 0 aromatic carbocycles. The Kier molecular flexibility index (Phi) is 5.59. The minimum Gasteiger partial charge on any atom is -0.396 e. The monoisotopic (exact) mass is 474 g/mol. The van der Waals surface area contributed by atoms with Crippen molar-refractivity contribution in [1.29, 1.82) is 0 Å². The van der Waals surface area contributed by atoms with Crippen molar-refractivity contribution in [2.45, 2.75) is 118 Å². The summed E-state index contributed by atoms with van der Waals surface area (Å²) in [6.07, 6.45) is 10.6. The van der Waals surface area contributed by atoms with Gasteiger partial charge in [0.15, 0.2) is 0 Å². The van der Waals surface area contributed by atoms with Crippen LogP contribution in [0.5, 0.6) is 0 Å². The second-order valence-electron chi connectivity index (χ2n) is 15.3. The molecule has 3 N–H and O–H groups in total. The zero-order chi connectivity index (χ0) is 24.9. The number of aldehydes is 1. The number of rotatable bonds is 2. The Labute approximate surface area is 207 Å². The molecule has 5 aliphatic carbocycles. The van der Waals surface area contributed by atoms with Crippen molar-refractivity contribution in [3.05, 3.63) is 0 Å². The van der Waals surface area contributed by atoms with Gasteiger partial charge in [0.1, 0.15) is 6.29 Å². The summed E-state index contributed by atoms with van der Waals surface area (Å²) < 4.78 is 0. The van der Waals surface area contributed by atoms with E-state index in [4.69, 9.17) is 0 Å². The highest BCUT2D eigenvalue weighted by Gasteiger charge is 2.70. The lowest BCUT2D eigenvalue weighted by Gasteiger charge is -2.64. The van der Waals surface area contributed by atoms with Gasteiger partial charge in [-0.25, -0.2) is 0 Å². The number of carbonyl (C=O) groups is 1. The molecule has 0 radical (unpaired) electrons. The van der Waals surface area contributed by atoms with Gasteiger partial charge in [-0.2, -0.15) is 0 Å². The van der Waals surface area contributed by atoms with Crippen molar-refractivity contribution in [1.82, 2.24) is 0 Å². The number of hydrogen-bond acceptors (Lipinski definition) is 4. The standard InChI is InChI=1S/C30H50O4/c1-25(2)22-15-30(18-32)16-26(3)12-9-20-27(4,14-11-24(34)29(20,6)17-31)19(26)7-8-21(30)28(22,5)13-10-23(25)33/h18-24,31,33-34H,7-17H2,1-6H3. The predicted octanol–water partition coefficient (Wildman–Crippen LogP) is 5.37. The van der Waals surface area contributed by atoms with E-state index in [-0.39, 0.29) is 39.8 Å². The van der Waals surface area contributed by atoms with Gasteiger partial charge in [0.25, 0.3) is 0 Å². The summed E-state index contributed by atoms with van der Waals surface area (Å²) in [5.74, 6) is 1.61. The maximum absolute atomic E-state index is 13.1. The zero-order valence-electron chi connectivity index (χ0n) is 22.6. The van der Waals surface area contributed by atoms with Gasteiger partial charge in [0.2, 0.25) is 0 Å². The number of aliphatic hydroxyl groups is 3. The van der Waals surface area contributed by atoms with Crippen LogP contribution in [0, 0.1) is 56.2 Å². The molecule has 4 nitrogen and oxygen atoms in total. The molecule has 5 fully saturated rings. The van der Waals surface area contributed by atoms with E-state index >= 15 is 0 Å². The Morgan fingerprint density at radius 1 is 0.735 bits per heavy atom. The average molecular weight is 475 g/mol. The van der Waals surface area contributed by atoms with Crippen LogP contribution in [-0.2, 0) is 4.79 Å². The number of hydrogen-bond donors (Lipinski definition) is 3. The molecule has 5 rings (SSSR count). The van der Waals surface area contributed by atoms with Crippen LogP contribution >= 0.6 is 0 Å². The summed E-state index contributed by atoms with van der Waals surface area (Å²) in [4.78, 5) is 13.1. The third-order valence-electron chi connectivity index (χ3n) is 13.6. The average Bonchev–Trinajstić information content (AvgIpc) is 2.93. The number of carbonyl (C=O) groups excluding carboxylic acids is 1. The third-order valence-corrected chi connectivity index (χ3v) is 13.6. The molecule has 11 atom stereocenters. The summed E-state index contributed by atoms with van der Waals surface area (Å²) in [5, 5.41) is 32.2. The van der Waals surface area contributed by atoms with E-state index in [1.807, 2.05) is 0 Å². The fraction of sp³-hybridized carbons (Fsp3) is 0.967. The quantitative estimate of drug-likeness (QED) is 0.470. The highest BCUT2D eigenvalue weighted by atomic mass is 16.3. The summed E-state index contributed by atoms with van der Waals surface area (Å²) in [6.45, 7) is 14.0. The fourth-order valence-corrected chi connectivity index (χ4v) is 11.8. The van der Waals surface area contributed by atoms with Crippen LogP contribution < -0.4 is 0 Å². The zero-order valence-corrected chi connectivity index (χ0v) is 22.6. The lowest BCUT2D eigenvalue weighted by molar-refractivity contribution is -0.192. The molecule has 0 aliphatic heterocycles. The van der Waals surface area contributed by atoms with Crippen molar-refractivity contribution in [3.63, 3.8) is 0 Å². The summed E-state index contributed by atoms with van der Waals surface area (Å²) in [7, 11) is 0. The van der Waals surface area contributed by atoms with Gasteiger partial charge in [-0.05, 0) is 110 Å². The van der Waals surface area contributed by atoms with Crippen LogP contribution in [0.4, 0.5) is 0 Å². The first-order valence-electron chi connectivity index (χ1n) is 14.2. The van der Waals surface area contributed by atoms with Crippen molar-refractivity contribution in [2.24, 2.45) is 56.2 Å². The Morgan fingerprint density at radius 3 is 1.94 bits per heavy atom. The summed E-state index contributed by atoms with van der Waals surface area (Å²) in [5.41, 5.74) is -0.569. The molecule has 194 valence electrons. The molecule has 0 bridgehead atoms. The first kappa shape index (κ1) is 25.2. The van der Waals surface area contributed by atoms with Crippen LogP contribution in [0.3, 0.4) is 0 Å². The van der Waals surface area contributed by atoms with E-state index in [0.717, 1.165) is 64.2 Å². The molecular formula is C30H50O4. The molecule has 34 heavy (non-hydrogen) atoms. The van der Waals surface area contributed by atoms with Crippen molar-refractivity contribution < 1.29 is 20.1 Å². The van der Waals surface area contributed by atoms with Crippen LogP contribution in [0.15, 0.2) is 0 Å². The van der Waals surface area contributed by atoms with Crippen molar-refractivity contribution >= 4 is 6.29 Å². The van der Waals surface area contributed by atoms with Crippen LogP contribution in [-0.4, -0.2) is 40.4 Å². The van der Waals surface area contributed by atoms with E-state index < -0.39 is 11.5 Å². The van der Waals surface area contributed by atoms with Crippen LogP contribution in [0.1, 0.15) is 106 Å². The van der Waals surface area contributed by atoms with E-state index in [1.54, 1.807) is 0 Å². The summed E-state index contributed by atoms with van der Waals surface area (Å²) in [6, 6.07) is 0. The molecule has 0 saturated heterocycles. The fourth-order valence-electron chi connectivity index (χ4n) is 11.8. The second-order valence-corrected chi connectivity index (χ2v) is 15.3. The van der Waals surface area contributed by atoms with E-state index in [2.05, 4.69) is 41.5 Å². The SMILES string of the molecule is CC12CCC3C(C)(CO)C(O)CCC3(C)C1CCC1C(C=O)(CC3C(C)(C)C(O)CCC13C)C2. The van der Waals surface area contributed by atoms with Gasteiger partial charge in [-0.1, -0.05) is 41.5 Å². The van der Waals surface area contributed by atoms with E-state index in [1.165, 1.54) is 6.29 Å². The lowest BCUT2D eigenvalue weighted by Crippen LogP contribution is -2.60. The molecule has 11 unspecified atom stereocenters. The van der Waals surface area contributed by atoms with Gasteiger partial charge in [-0.15, -0.1) is 0 Å². The highest BCUT2D eigenvalue weighted by molar-refractivity contribution is 5.62. The normalized spacial score (nSPS) is 58.6. The minimum absolute atomic E-state index is 0.0515. The van der Waals surface area contributed by atoms with Crippen LogP contribution in [0.25, 0.3) is 0 Å². The van der Waals surface area contributed by atoms with Crippen molar-refractivity contribution in [2.75, 3.05) is 6.61 Å². The van der Waals surface area contributed by atoms with Gasteiger partial charge < -0.3 is 20.1 Å². The molecule has 4 heteroatoms. The molecule has 5 aliphatic rings.